The number of carbonyl (C=O) groups is 2. The van der Waals surface area contributed by atoms with Crippen molar-refractivity contribution in [1.82, 2.24) is 5.32 Å². The number of hydrogen-bond acceptors (Lipinski definition) is 4. The van der Waals surface area contributed by atoms with Crippen LogP contribution in [-0.2, 0) is 0 Å². The molecule has 0 aliphatic carbocycles. The molecule has 0 bridgehead atoms. The highest BCUT2D eigenvalue weighted by atomic mass is 32.1. The van der Waals surface area contributed by atoms with Gasteiger partial charge >= 0.3 is 0 Å². The Morgan fingerprint density at radius 2 is 2.05 bits per heavy atom. The zero-order chi connectivity index (χ0) is 13.7. The molecule has 2 aliphatic heterocycles. The molecule has 0 saturated heterocycles. The zero-order valence-electron chi connectivity index (χ0n) is 10.6. The van der Waals surface area contributed by atoms with E-state index in [1.165, 1.54) is 0 Å². The molecule has 0 radical (unpaired) electrons. The van der Waals surface area contributed by atoms with Gasteiger partial charge in [0.25, 0.3) is 5.91 Å². The van der Waals surface area contributed by atoms with Gasteiger partial charge in [-0.15, -0.1) is 0 Å². The molecule has 20 heavy (non-hydrogen) atoms. The van der Waals surface area contributed by atoms with Crippen molar-refractivity contribution >= 4 is 28.7 Å². The summed E-state index contributed by atoms with van der Waals surface area (Å²) in [6, 6.07) is 7.39. The maximum atomic E-state index is 12.3. The second kappa shape index (κ2) is 4.18. The number of amides is 1. The van der Waals surface area contributed by atoms with E-state index in [2.05, 4.69) is 10.2 Å². The number of para-hydroxylation sites is 1. The number of Topliss-reactive ketones (excluding diaryl/α,β-unsaturated/α-hetero) is 1. The number of nitrogens with one attached hydrogen (secondary N) is 1. The fraction of sp³-hybridized carbons (Fsp3) is 0.200. The molecule has 5 heteroatoms. The zero-order valence-corrected chi connectivity index (χ0v) is 11.4. The molecule has 0 spiro atoms. The smallest absolute Gasteiger partial charge is 0.255 e. The number of nitrogens with zero attached hydrogens (tertiary/aromatic N) is 1. The first-order valence-electron chi connectivity index (χ1n) is 6.51. The average Bonchev–Trinajstić information content (AvgIpc) is 2.99. The largest absolute Gasteiger partial charge is 0.346 e. The molecule has 1 atom stereocenters. The SMILES string of the molecule is O=C1CCN2c3c1cccc3C(=O)NC2c1ccsc1. The van der Waals surface area contributed by atoms with Crippen molar-refractivity contribution in [2.75, 3.05) is 11.4 Å². The number of hydrogen-bond donors (Lipinski definition) is 1. The Morgan fingerprint density at radius 3 is 2.85 bits per heavy atom. The van der Waals surface area contributed by atoms with Gasteiger partial charge in [0.05, 0.1) is 11.3 Å². The average molecular weight is 284 g/mol. The molecule has 1 N–H and O–H groups in total. The summed E-state index contributed by atoms with van der Waals surface area (Å²) >= 11 is 1.61. The van der Waals surface area contributed by atoms with Crippen molar-refractivity contribution in [3.63, 3.8) is 0 Å². The Hall–Kier alpha value is -2.14. The number of anilines is 1. The third-order valence-electron chi connectivity index (χ3n) is 3.89. The lowest BCUT2D eigenvalue weighted by Gasteiger charge is -2.41. The molecule has 100 valence electrons. The highest BCUT2D eigenvalue weighted by molar-refractivity contribution is 7.08. The molecular formula is C15H12N2O2S. The van der Waals surface area contributed by atoms with E-state index in [0.29, 0.717) is 24.1 Å². The first kappa shape index (κ1) is 11.7. The van der Waals surface area contributed by atoms with Crippen LogP contribution in [0.3, 0.4) is 0 Å². The normalized spacial score (nSPS) is 20.6. The molecule has 1 unspecified atom stereocenters. The topological polar surface area (TPSA) is 49.4 Å². The molecule has 4 nitrogen and oxygen atoms in total. The van der Waals surface area contributed by atoms with E-state index in [1.807, 2.05) is 22.9 Å². The highest BCUT2D eigenvalue weighted by Crippen LogP contribution is 2.39. The summed E-state index contributed by atoms with van der Waals surface area (Å²) in [6.45, 7) is 0.642. The molecular weight excluding hydrogens is 272 g/mol. The van der Waals surface area contributed by atoms with Crippen LogP contribution in [0, 0.1) is 0 Å². The minimum absolute atomic E-state index is 0.107. The summed E-state index contributed by atoms with van der Waals surface area (Å²) in [6.07, 6.45) is 0.322. The van der Waals surface area contributed by atoms with Gasteiger partial charge in [0, 0.05) is 24.1 Å². The summed E-state index contributed by atoms with van der Waals surface area (Å²) in [5.74, 6) is 0.0147. The number of carbonyl (C=O) groups excluding carboxylic acids is 2. The number of benzene rings is 1. The van der Waals surface area contributed by atoms with Gasteiger partial charge < -0.3 is 10.2 Å². The highest BCUT2D eigenvalue weighted by Gasteiger charge is 2.37. The van der Waals surface area contributed by atoms with Crippen LogP contribution < -0.4 is 10.2 Å². The maximum absolute atomic E-state index is 12.3. The Kier molecular flexibility index (Phi) is 2.44. The molecule has 1 aromatic carbocycles. The predicted molar refractivity (Wildman–Crippen MR) is 77.3 cm³/mol. The van der Waals surface area contributed by atoms with Crippen molar-refractivity contribution in [1.29, 1.82) is 0 Å². The molecule has 2 aromatic rings. The van der Waals surface area contributed by atoms with Gasteiger partial charge in [-0.2, -0.15) is 11.3 Å². The first-order chi connectivity index (χ1) is 9.75. The van der Waals surface area contributed by atoms with Gasteiger partial charge in [0.1, 0.15) is 6.17 Å². The summed E-state index contributed by atoms with van der Waals surface area (Å²) in [5.41, 5.74) is 3.13. The van der Waals surface area contributed by atoms with Crippen molar-refractivity contribution in [2.24, 2.45) is 0 Å². The molecule has 3 heterocycles. The summed E-state index contributed by atoms with van der Waals surface area (Å²) in [4.78, 5) is 26.5. The molecule has 1 amide bonds. The van der Waals surface area contributed by atoms with E-state index in [4.69, 9.17) is 0 Å². The standard InChI is InChI=1S/C15H12N2O2S/c18-12-4-6-17-13-10(12)2-1-3-11(13)15(19)16-14(17)9-5-7-20-8-9/h1-3,5,7-8,14H,4,6H2,(H,16,19). The predicted octanol–water partition coefficient (Wildman–Crippen LogP) is 2.58. The Labute approximate surface area is 120 Å². The minimum atomic E-state index is -0.171. The Bertz CT molecular complexity index is 694. The van der Waals surface area contributed by atoms with E-state index in [-0.39, 0.29) is 17.9 Å². The van der Waals surface area contributed by atoms with Gasteiger partial charge in [-0.1, -0.05) is 6.07 Å². The lowest BCUT2D eigenvalue weighted by atomic mass is 9.93. The van der Waals surface area contributed by atoms with Gasteiger partial charge in [-0.25, -0.2) is 0 Å². The van der Waals surface area contributed by atoms with E-state index in [1.54, 1.807) is 23.5 Å². The maximum Gasteiger partial charge on any atom is 0.255 e. The van der Waals surface area contributed by atoms with Gasteiger partial charge in [0.2, 0.25) is 0 Å². The van der Waals surface area contributed by atoms with Crippen LogP contribution in [0.4, 0.5) is 5.69 Å². The lowest BCUT2D eigenvalue weighted by molar-refractivity contribution is 0.0921. The lowest BCUT2D eigenvalue weighted by Crippen LogP contribution is -2.49. The quantitative estimate of drug-likeness (QED) is 0.875. The van der Waals surface area contributed by atoms with Gasteiger partial charge in [0.15, 0.2) is 5.78 Å². The van der Waals surface area contributed by atoms with Crippen LogP contribution in [0.1, 0.15) is 38.9 Å². The summed E-state index contributed by atoms with van der Waals surface area (Å²) in [7, 11) is 0. The van der Waals surface area contributed by atoms with Crippen LogP contribution >= 0.6 is 11.3 Å². The third-order valence-corrected chi connectivity index (χ3v) is 4.59. The number of ketones is 1. The molecule has 1 aromatic heterocycles. The Morgan fingerprint density at radius 1 is 1.20 bits per heavy atom. The molecule has 0 fully saturated rings. The summed E-state index contributed by atoms with van der Waals surface area (Å²) in [5, 5.41) is 7.07. The van der Waals surface area contributed by atoms with Crippen LogP contribution in [0.25, 0.3) is 0 Å². The van der Waals surface area contributed by atoms with E-state index in [0.717, 1.165) is 11.3 Å². The van der Waals surface area contributed by atoms with Crippen molar-refractivity contribution in [2.45, 2.75) is 12.6 Å². The minimum Gasteiger partial charge on any atom is -0.346 e. The number of thiophene rings is 1. The van der Waals surface area contributed by atoms with Crippen LogP contribution in [-0.4, -0.2) is 18.2 Å². The van der Waals surface area contributed by atoms with E-state index in [9.17, 15) is 9.59 Å². The molecule has 2 aliphatic rings. The molecule has 0 saturated carbocycles. The van der Waals surface area contributed by atoms with Crippen molar-refractivity contribution < 1.29 is 9.59 Å². The van der Waals surface area contributed by atoms with E-state index >= 15 is 0 Å². The van der Waals surface area contributed by atoms with Gasteiger partial charge in [-0.3, -0.25) is 9.59 Å². The number of rotatable bonds is 1. The van der Waals surface area contributed by atoms with Crippen molar-refractivity contribution in [3.05, 3.63) is 51.7 Å². The molecule has 4 rings (SSSR count). The Balaban J connectivity index is 1.92. The monoisotopic (exact) mass is 284 g/mol. The van der Waals surface area contributed by atoms with Crippen LogP contribution in [0.5, 0.6) is 0 Å². The second-order valence-electron chi connectivity index (χ2n) is 5.00. The van der Waals surface area contributed by atoms with Crippen LogP contribution in [0.2, 0.25) is 0 Å². The van der Waals surface area contributed by atoms with Crippen molar-refractivity contribution in [3.8, 4) is 0 Å². The fourth-order valence-corrected chi connectivity index (χ4v) is 3.64. The second-order valence-corrected chi connectivity index (χ2v) is 5.78. The van der Waals surface area contributed by atoms with E-state index < -0.39 is 0 Å². The fourth-order valence-electron chi connectivity index (χ4n) is 2.96. The summed E-state index contributed by atoms with van der Waals surface area (Å²) < 4.78 is 0. The van der Waals surface area contributed by atoms with Crippen LogP contribution in [0.15, 0.2) is 35.0 Å². The third kappa shape index (κ3) is 1.53. The first-order valence-corrected chi connectivity index (χ1v) is 7.46. The van der Waals surface area contributed by atoms with Gasteiger partial charge in [-0.05, 0) is 29.0 Å².